The van der Waals surface area contributed by atoms with Gasteiger partial charge in [0.1, 0.15) is 5.76 Å². The molecule has 0 bridgehead atoms. The van der Waals surface area contributed by atoms with Crippen molar-refractivity contribution in [2.75, 3.05) is 0 Å². The maximum absolute atomic E-state index is 12.5. The van der Waals surface area contributed by atoms with Gasteiger partial charge in [-0.3, -0.25) is 29.8 Å². The summed E-state index contributed by atoms with van der Waals surface area (Å²) in [6, 6.07) is 8.59. The normalized spacial score (nSPS) is 17.9. The van der Waals surface area contributed by atoms with Crippen LogP contribution >= 0.6 is 0 Å². The zero-order valence-corrected chi connectivity index (χ0v) is 14.6. The van der Waals surface area contributed by atoms with E-state index in [4.69, 9.17) is 9.25 Å². The molecule has 3 N–H and O–H groups in total. The zero-order chi connectivity index (χ0) is 20.1. The third-order valence-corrected chi connectivity index (χ3v) is 4.63. The number of hydroxylamine groups is 1. The summed E-state index contributed by atoms with van der Waals surface area (Å²) in [5.41, 5.74) is 4.03. The molecule has 4 heterocycles. The lowest BCUT2D eigenvalue weighted by Gasteiger charge is -2.26. The number of furan rings is 1. The Morgan fingerprint density at radius 1 is 0.793 bits per heavy atom. The molecule has 0 atom stereocenters. The van der Waals surface area contributed by atoms with Crippen molar-refractivity contribution >= 4 is 29.2 Å². The number of carbonyl (C=O) groups excluding carboxylic acids is 4. The average molecular weight is 389 g/mol. The van der Waals surface area contributed by atoms with Crippen molar-refractivity contribution in [3.63, 3.8) is 0 Å². The first kappa shape index (κ1) is 16.8. The van der Waals surface area contributed by atoms with E-state index in [1.54, 1.807) is 30.3 Å². The molecule has 1 aromatic heterocycles. The molecular formula is C20H11N3O6. The third-order valence-electron chi connectivity index (χ3n) is 4.63. The molecule has 0 saturated heterocycles. The second-order valence-electron chi connectivity index (χ2n) is 6.36. The van der Waals surface area contributed by atoms with Crippen molar-refractivity contribution in [2.45, 2.75) is 0 Å². The smallest absolute Gasteiger partial charge is 0.260 e. The second kappa shape index (κ2) is 6.06. The highest BCUT2D eigenvalue weighted by Crippen LogP contribution is 2.44. The largest absolute Gasteiger partial charge is 0.464 e. The Morgan fingerprint density at radius 3 is 2.14 bits per heavy atom. The number of amides is 4. The molecule has 0 spiro atoms. The molecule has 9 nitrogen and oxygen atoms in total. The average Bonchev–Trinajstić information content (AvgIpc) is 3.41. The van der Waals surface area contributed by atoms with Crippen molar-refractivity contribution in [2.24, 2.45) is 0 Å². The Balaban J connectivity index is 1.84. The molecule has 0 aliphatic carbocycles. The van der Waals surface area contributed by atoms with E-state index < -0.39 is 23.6 Å². The van der Waals surface area contributed by atoms with Gasteiger partial charge in [-0.25, -0.2) is 5.48 Å². The van der Waals surface area contributed by atoms with Gasteiger partial charge in [-0.15, -0.1) is 0 Å². The van der Waals surface area contributed by atoms with E-state index in [1.165, 1.54) is 6.26 Å². The highest BCUT2D eigenvalue weighted by Gasteiger charge is 2.37. The van der Waals surface area contributed by atoms with Crippen LogP contribution in [-0.2, 0) is 19.2 Å². The molecule has 5 rings (SSSR count). The van der Waals surface area contributed by atoms with E-state index in [1.807, 2.05) is 0 Å². The maximum Gasteiger partial charge on any atom is 0.260 e. The SMILES string of the molecule is O=C1C=C(C2=C(C3=CC(=O)NC3=O)c3c(cccc3-c3ccco3)ON2)C(=O)N1. The first-order chi connectivity index (χ1) is 14.0. The summed E-state index contributed by atoms with van der Waals surface area (Å²) in [4.78, 5) is 53.9. The summed E-state index contributed by atoms with van der Waals surface area (Å²) < 4.78 is 5.51. The van der Waals surface area contributed by atoms with Crippen LogP contribution < -0.4 is 21.0 Å². The first-order valence-corrected chi connectivity index (χ1v) is 8.52. The molecular weight excluding hydrogens is 378 g/mol. The van der Waals surface area contributed by atoms with Crippen LogP contribution in [0.1, 0.15) is 5.56 Å². The highest BCUT2D eigenvalue weighted by atomic mass is 16.6. The summed E-state index contributed by atoms with van der Waals surface area (Å²) in [7, 11) is 0. The number of benzene rings is 1. The maximum atomic E-state index is 12.5. The van der Waals surface area contributed by atoms with Crippen LogP contribution in [0, 0.1) is 0 Å². The fourth-order valence-corrected chi connectivity index (χ4v) is 3.45. The molecule has 0 fully saturated rings. The van der Waals surface area contributed by atoms with Crippen molar-refractivity contribution in [1.82, 2.24) is 16.1 Å². The Hall–Kier alpha value is -4.40. The van der Waals surface area contributed by atoms with Crippen molar-refractivity contribution in [3.05, 3.63) is 71.2 Å². The zero-order valence-electron chi connectivity index (χ0n) is 14.6. The van der Waals surface area contributed by atoms with Crippen LogP contribution in [0.2, 0.25) is 0 Å². The molecule has 4 amide bonds. The minimum absolute atomic E-state index is 0.0158. The van der Waals surface area contributed by atoms with Crippen LogP contribution in [0.15, 0.2) is 70.0 Å². The molecule has 2 aromatic rings. The fourth-order valence-electron chi connectivity index (χ4n) is 3.45. The predicted octanol–water partition coefficient (Wildman–Crippen LogP) is 0.720. The molecule has 0 saturated carbocycles. The van der Waals surface area contributed by atoms with Crippen LogP contribution in [0.25, 0.3) is 16.9 Å². The lowest BCUT2D eigenvalue weighted by molar-refractivity contribution is -0.125. The lowest BCUT2D eigenvalue weighted by atomic mass is 9.87. The van der Waals surface area contributed by atoms with Crippen LogP contribution in [-0.4, -0.2) is 23.6 Å². The summed E-state index contributed by atoms with van der Waals surface area (Å²) in [5.74, 6) is -1.60. The summed E-state index contributed by atoms with van der Waals surface area (Å²) in [5, 5.41) is 4.35. The van der Waals surface area contributed by atoms with Crippen molar-refractivity contribution in [1.29, 1.82) is 0 Å². The Labute approximate surface area is 162 Å². The first-order valence-electron chi connectivity index (χ1n) is 8.52. The van der Waals surface area contributed by atoms with Gasteiger partial charge in [-0.05, 0) is 18.2 Å². The van der Waals surface area contributed by atoms with Gasteiger partial charge in [0, 0.05) is 28.9 Å². The molecule has 3 aliphatic rings. The van der Waals surface area contributed by atoms with Gasteiger partial charge in [0.05, 0.1) is 23.1 Å². The number of carbonyl (C=O) groups is 4. The quantitative estimate of drug-likeness (QED) is 0.660. The molecule has 142 valence electrons. The number of hydrogen-bond acceptors (Lipinski definition) is 7. The van der Waals surface area contributed by atoms with E-state index in [9.17, 15) is 19.2 Å². The third kappa shape index (κ3) is 2.56. The van der Waals surface area contributed by atoms with Crippen LogP contribution in [0.5, 0.6) is 5.75 Å². The molecule has 0 radical (unpaired) electrons. The minimum Gasteiger partial charge on any atom is -0.464 e. The number of rotatable bonds is 3. The molecule has 3 aliphatic heterocycles. The van der Waals surface area contributed by atoms with E-state index in [0.717, 1.165) is 12.2 Å². The number of hydrogen-bond donors (Lipinski definition) is 3. The van der Waals surface area contributed by atoms with Gasteiger partial charge in [0.25, 0.3) is 23.6 Å². The van der Waals surface area contributed by atoms with Crippen LogP contribution in [0.4, 0.5) is 0 Å². The van der Waals surface area contributed by atoms with Crippen molar-refractivity contribution < 1.29 is 28.4 Å². The Morgan fingerprint density at radius 2 is 1.52 bits per heavy atom. The van der Waals surface area contributed by atoms with Gasteiger partial charge in [-0.1, -0.05) is 12.1 Å². The monoisotopic (exact) mass is 389 g/mol. The van der Waals surface area contributed by atoms with Gasteiger partial charge >= 0.3 is 0 Å². The summed E-state index contributed by atoms with van der Waals surface area (Å²) in [6.07, 6.45) is 3.74. The van der Waals surface area contributed by atoms with Gasteiger partial charge in [0.2, 0.25) is 0 Å². The second-order valence-corrected chi connectivity index (χ2v) is 6.36. The van der Waals surface area contributed by atoms with Gasteiger partial charge in [-0.2, -0.15) is 0 Å². The van der Waals surface area contributed by atoms with Crippen molar-refractivity contribution in [3.8, 4) is 17.1 Å². The predicted molar refractivity (Wildman–Crippen MR) is 97.3 cm³/mol. The van der Waals surface area contributed by atoms with E-state index in [2.05, 4.69) is 16.1 Å². The molecule has 1 aromatic carbocycles. The fraction of sp³-hybridized carbons (Fsp3) is 0. The van der Waals surface area contributed by atoms with E-state index in [0.29, 0.717) is 22.6 Å². The van der Waals surface area contributed by atoms with E-state index >= 15 is 0 Å². The number of nitrogens with one attached hydrogen (secondary N) is 3. The molecule has 29 heavy (non-hydrogen) atoms. The lowest BCUT2D eigenvalue weighted by Crippen LogP contribution is -2.31. The van der Waals surface area contributed by atoms with Gasteiger partial charge in [0.15, 0.2) is 5.75 Å². The standard InChI is InChI=1S/C20H11N3O6/c24-14-7-10(19(26)21-14)17-16-9(12-5-2-6-28-12)3-1-4-13(16)29-23-18(17)11-8-15(25)22-20(11)27/h1-8,23H,(H,21,24,26)(H,22,25,27). The summed E-state index contributed by atoms with van der Waals surface area (Å²) >= 11 is 0. The minimum atomic E-state index is -0.650. The highest BCUT2D eigenvalue weighted by molar-refractivity contribution is 6.27. The Bertz CT molecular complexity index is 1220. The Kier molecular flexibility index (Phi) is 3.50. The molecule has 9 heteroatoms. The molecule has 0 unspecified atom stereocenters. The van der Waals surface area contributed by atoms with Gasteiger partial charge < -0.3 is 9.25 Å². The van der Waals surface area contributed by atoms with Crippen LogP contribution in [0.3, 0.4) is 0 Å². The topological polar surface area (TPSA) is 127 Å². The number of imide groups is 2. The summed E-state index contributed by atoms with van der Waals surface area (Å²) in [6.45, 7) is 0. The number of fused-ring (bicyclic) bond motifs is 1. The van der Waals surface area contributed by atoms with E-state index in [-0.39, 0.29) is 22.4 Å².